The molecule has 2 rings (SSSR count). The highest BCUT2D eigenvalue weighted by molar-refractivity contribution is 5.97. The number of likely N-dealkylation sites (tertiary alicyclic amines) is 1. The molecule has 0 radical (unpaired) electrons. The Labute approximate surface area is 203 Å². The van der Waals surface area contributed by atoms with E-state index in [1.54, 1.807) is 11.0 Å². The molecule has 1 heterocycles. The van der Waals surface area contributed by atoms with Gasteiger partial charge in [-0.1, -0.05) is 13.8 Å². The summed E-state index contributed by atoms with van der Waals surface area (Å²) in [7, 11) is 0. The number of carbonyl (C=O) groups excluding carboxylic acids is 2. The topological polar surface area (TPSA) is 108 Å². The van der Waals surface area contributed by atoms with Crippen molar-refractivity contribution in [3.05, 3.63) is 23.3 Å². The predicted octanol–water partition coefficient (Wildman–Crippen LogP) is 3.94. The number of benzene rings is 1. The number of phenols is 2. The Morgan fingerprint density at radius 2 is 1.62 bits per heavy atom. The maximum atomic E-state index is 13.1. The van der Waals surface area contributed by atoms with Crippen molar-refractivity contribution in [1.29, 1.82) is 0 Å². The average Bonchev–Trinajstić information content (AvgIpc) is 2.68. The highest BCUT2D eigenvalue weighted by Crippen LogP contribution is 2.33. The maximum Gasteiger partial charge on any atom is 0.326 e. The van der Waals surface area contributed by atoms with Gasteiger partial charge in [0.15, 0.2) is 0 Å². The van der Waals surface area contributed by atoms with Gasteiger partial charge >= 0.3 is 5.97 Å². The minimum absolute atomic E-state index is 0.0159. The summed E-state index contributed by atoms with van der Waals surface area (Å²) >= 11 is 0. The quantitative estimate of drug-likeness (QED) is 0.509. The number of nitrogens with one attached hydrogen (secondary N) is 1. The van der Waals surface area contributed by atoms with Gasteiger partial charge in [0.25, 0.3) is 5.91 Å². The molecule has 0 aliphatic carbocycles. The average molecular weight is 479 g/mol. The van der Waals surface area contributed by atoms with Gasteiger partial charge < -0.3 is 24.6 Å². The van der Waals surface area contributed by atoms with E-state index < -0.39 is 17.2 Å². The lowest BCUT2D eigenvalue weighted by Gasteiger charge is -2.35. The summed E-state index contributed by atoms with van der Waals surface area (Å²) in [6.07, 6.45) is 1.30. The van der Waals surface area contributed by atoms with Crippen LogP contribution in [0.3, 0.4) is 0 Å². The first-order valence-corrected chi connectivity index (χ1v) is 12.1. The van der Waals surface area contributed by atoms with Gasteiger partial charge in [0.2, 0.25) is 0 Å². The summed E-state index contributed by atoms with van der Waals surface area (Å²) in [5, 5.41) is 23.7. The van der Waals surface area contributed by atoms with Crippen LogP contribution in [0.25, 0.3) is 0 Å². The van der Waals surface area contributed by atoms with Gasteiger partial charge in [-0.3, -0.25) is 14.9 Å². The molecule has 34 heavy (non-hydrogen) atoms. The van der Waals surface area contributed by atoms with Crippen LogP contribution in [0.15, 0.2) is 12.1 Å². The molecule has 1 aromatic carbocycles. The molecule has 192 valence electrons. The molecule has 1 aliphatic heterocycles. The second-order valence-electron chi connectivity index (χ2n) is 11.3. The molecule has 0 bridgehead atoms. The molecule has 3 N–H and O–H groups in total. The van der Waals surface area contributed by atoms with Crippen molar-refractivity contribution in [2.45, 2.75) is 97.4 Å². The van der Waals surface area contributed by atoms with Gasteiger partial charge in [0.1, 0.15) is 23.1 Å². The van der Waals surface area contributed by atoms with Crippen LogP contribution in [-0.4, -0.2) is 70.0 Å². The van der Waals surface area contributed by atoms with E-state index in [1.165, 1.54) is 6.07 Å². The van der Waals surface area contributed by atoms with Crippen LogP contribution < -0.4 is 5.32 Å². The minimum Gasteiger partial charge on any atom is -0.508 e. The maximum absolute atomic E-state index is 13.1. The van der Waals surface area contributed by atoms with Crippen molar-refractivity contribution in [2.75, 3.05) is 19.7 Å². The van der Waals surface area contributed by atoms with Gasteiger partial charge in [0.05, 0.1) is 17.8 Å². The second kappa shape index (κ2) is 11.0. The molecule has 0 unspecified atom stereocenters. The van der Waals surface area contributed by atoms with Gasteiger partial charge in [0, 0.05) is 25.2 Å². The van der Waals surface area contributed by atoms with Gasteiger partial charge in [-0.15, -0.1) is 0 Å². The summed E-state index contributed by atoms with van der Waals surface area (Å²) in [6, 6.07) is 2.22. The second-order valence-corrected chi connectivity index (χ2v) is 11.3. The number of aromatic hydroxyl groups is 2. The van der Waals surface area contributed by atoms with E-state index in [4.69, 9.17) is 9.47 Å². The molecule has 1 atom stereocenters. The first-order chi connectivity index (χ1) is 15.6. The summed E-state index contributed by atoms with van der Waals surface area (Å²) in [5.74, 6) is -0.848. The van der Waals surface area contributed by atoms with Gasteiger partial charge in [-0.2, -0.15) is 0 Å². The monoisotopic (exact) mass is 478 g/mol. The fourth-order valence-electron chi connectivity index (χ4n) is 3.82. The molecule has 1 fully saturated rings. The Hall–Kier alpha value is -2.32. The standard InChI is InChI=1S/C26H42N2O6/c1-16(2)18-13-19(22(30)14-21(18)29)23(31)28-11-9-17(10-12-28)27-20(15-33-25(3,4)5)24(32)34-26(6,7)8/h13-14,16-17,20,27,29-30H,9-12,15H2,1-8H3/t20-/m0/s1. The van der Waals surface area contributed by atoms with Crippen LogP contribution in [0, 0.1) is 0 Å². The number of esters is 1. The third kappa shape index (κ3) is 8.17. The van der Waals surface area contributed by atoms with E-state index in [9.17, 15) is 19.8 Å². The minimum atomic E-state index is -0.611. The van der Waals surface area contributed by atoms with Crippen molar-refractivity contribution in [2.24, 2.45) is 0 Å². The van der Waals surface area contributed by atoms with E-state index in [0.29, 0.717) is 31.5 Å². The Morgan fingerprint density at radius 3 is 2.12 bits per heavy atom. The van der Waals surface area contributed by atoms with E-state index in [0.717, 1.165) is 0 Å². The molecule has 8 heteroatoms. The number of amides is 1. The molecular weight excluding hydrogens is 436 g/mol. The zero-order chi connectivity index (χ0) is 25.8. The highest BCUT2D eigenvalue weighted by atomic mass is 16.6. The van der Waals surface area contributed by atoms with Gasteiger partial charge in [-0.25, -0.2) is 0 Å². The molecular formula is C26H42N2O6. The van der Waals surface area contributed by atoms with Crippen LogP contribution in [-0.2, 0) is 14.3 Å². The molecule has 1 aliphatic rings. The van der Waals surface area contributed by atoms with Crippen molar-refractivity contribution < 1.29 is 29.3 Å². The van der Waals surface area contributed by atoms with Crippen molar-refractivity contribution in [3.8, 4) is 11.5 Å². The van der Waals surface area contributed by atoms with E-state index in [1.807, 2.05) is 55.4 Å². The third-order valence-electron chi connectivity index (χ3n) is 5.59. The normalized spacial score (nSPS) is 16.6. The Bertz CT molecular complexity index is 861. The van der Waals surface area contributed by atoms with E-state index >= 15 is 0 Å². The van der Waals surface area contributed by atoms with Crippen LogP contribution in [0.5, 0.6) is 11.5 Å². The number of carbonyl (C=O) groups is 2. The summed E-state index contributed by atoms with van der Waals surface area (Å²) < 4.78 is 11.4. The van der Waals surface area contributed by atoms with E-state index in [2.05, 4.69) is 5.32 Å². The molecule has 8 nitrogen and oxygen atoms in total. The Morgan fingerprint density at radius 1 is 1.03 bits per heavy atom. The fraction of sp³-hybridized carbons (Fsp3) is 0.692. The largest absolute Gasteiger partial charge is 0.508 e. The number of ether oxygens (including phenoxy) is 2. The number of hydrogen-bond donors (Lipinski definition) is 3. The van der Waals surface area contributed by atoms with Crippen LogP contribution in [0.2, 0.25) is 0 Å². The smallest absolute Gasteiger partial charge is 0.326 e. The summed E-state index contributed by atoms with van der Waals surface area (Å²) in [4.78, 5) is 27.6. The summed E-state index contributed by atoms with van der Waals surface area (Å²) in [5.41, 5.74) is -0.177. The molecule has 1 amide bonds. The lowest BCUT2D eigenvalue weighted by Crippen LogP contribution is -2.53. The molecule has 0 spiro atoms. The number of hydrogen-bond acceptors (Lipinski definition) is 7. The number of nitrogens with zero attached hydrogens (tertiary/aromatic N) is 1. The van der Waals surface area contributed by atoms with Crippen LogP contribution in [0.1, 0.15) is 90.1 Å². The lowest BCUT2D eigenvalue weighted by molar-refractivity contribution is -0.161. The predicted molar refractivity (Wildman–Crippen MR) is 131 cm³/mol. The van der Waals surface area contributed by atoms with Crippen LogP contribution >= 0.6 is 0 Å². The number of rotatable bonds is 7. The van der Waals surface area contributed by atoms with Crippen molar-refractivity contribution >= 4 is 11.9 Å². The molecule has 0 saturated carbocycles. The fourth-order valence-corrected chi connectivity index (χ4v) is 3.82. The highest BCUT2D eigenvalue weighted by Gasteiger charge is 2.32. The van der Waals surface area contributed by atoms with Crippen molar-refractivity contribution in [1.82, 2.24) is 10.2 Å². The number of phenolic OH excluding ortho intramolecular Hbond substituents is 2. The first-order valence-electron chi connectivity index (χ1n) is 12.1. The molecule has 1 saturated heterocycles. The number of piperidine rings is 1. The molecule has 1 aromatic rings. The lowest BCUT2D eigenvalue weighted by atomic mass is 9.97. The molecule has 0 aromatic heterocycles. The third-order valence-corrected chi connectivity index (χ3v) is 5.59. The Kier molecular flexibility index (Phi) is 8.99. The van der Waals surface area contributed by atoms with Crippen molar-refractivity contribution in [3.63, 3.8) is 0 Å². The SMILES string of the molecule is CC(C)c1cc(C(=O)N2CCC(N[C@@H](COC(C)(C)C)C(=O)OC(C)(C)C)CC2)c(O)cc1O. The Balaban J connectivity index is 2.05. The van der Waals surface area contributed by atoms with Crippen LogP contribution in [0.4, 0.5) is 0 Å². The zero-order valence-electron chi connectivity index (χ0n) is 21.9. The summed E-state index contributed by atoms with van der Waals surface area (Å²) in [6.45, 7) is 16.3. The zero-order valence-corrected chi connectivity index (χ0v) is 21.9. The van der Waals surface area contributed by atoms with E-state index in [-0.39, 0.29) is 47.5 Å². The first kappa shape index (κ1) is 27.9. The van der Waals surface area contributed by atoms with Gasteiger partial charge in [-0.05, 0) is 71.9 Å².